The van der Waals surface area contributed by atoms with E-state index in [0.29, 0.717) is 5.95 Å². The topological polar surface area (TPSA) is 55.1 Å². The largest absolute Gasteiger partial charge is 0.323 e. The third kappa shape index (κ3) is 5.38. The monoisotopic (exact) mass is 361 g/mol. The molecular formula is C22H27N5. The third-order valence-corrected chi connectivity index (χ3v) is 3.58. The van der Waals surface area contributed by atoms with Crippen LogP contribution in [0.15, 0.2) is 72.8 Å². The Morgan fingerprint density at radius 3 is 2.04 bits per heavy atom. The van der Waals surface area contributed by atoms with Crippen LogP contribution in [0.1, 0.15) is 39.0 Å². The Morgan fingerprint density at radius 1 is 0.741 bits per heavy atom. The van der Waals surface area contributed by atoms with Crippen molar-refractivity contribution in [2.75, 3.05) is 5.32 Å². The molecule has 2 heterocycles. The van der Waals surface area contributed by atoms with Crippen LogP contribution in [0.5, 0.6) is 0 Å². The molecule has 5 heteroatoms. The van der Waals surface area contributed by atoms with Crippen molar-refractivity contribution in [1.82, 2.24) is 19.8 Å². The lowest BCUT2D eigenvalue weighted by molar-refractivity contribution is 0.875. The van der Waals surface area contributed by atoms with E-state index in [1.54, 1.807) is 4.52 Å². The molecule has 140 valence electrons. The molecule has 0 amide bonds. The van der Waals surface area contributed by atoms with Crippen LogP contribution in [0, 0.1) is 0 Å². The average molecular weight is 361 g/mol. The molecule has 0 saturated carbocycles. The van der Waals surface area contributed by atoms with Gasteiger partial charge in [-0.2, -0.15) is 9.61 Å². The Bertz CT molecular complexity index is 917. The van der Waals surface area contributed by atoms with E-state index >= 15 is 0 Å². The predicted octanol–water partition coefficient (Wildman–Crippen LogP) is 5.51. The second-order valence-electron chi connectivity index (χ2n) is 5.27. The summed E-state index contributed by atoms with van der Waals surface area (Å²) < 4.78 is 1.74. The van der Waals surface area contributed by atoms with Gasteiger partial charge in [-0.15, -0.1) is 10.2 Å². The first kappa shape index (κ1) is 20.1. The Hall–Kier alpha value is -3.21. The second kappa shape index (κ2) is 10.7. The fourth-order valence-electron chi connectivity index (χ4n) is 2.45. The zero-order valence-electron chi connectivity index (χ0n) is 16.4. The molecular weight excluding hydrogens is 334 g/mol. The lowest BCUT2D eigenvalue weighted by atomic mass is 10.1. The van der Waals surface area contributed by atoms with E-state index in [2.05, 4.69) is 32.7 Å². The lowest BCUT2D eigenvalue weighted by Crippen LogP contribution is -2.03. The normalized spacial score (nSPS) is 9.63. The fraction of sp³-hybridized carbons (Fsp3) is 0.227. The van der Waals surface area contributed by atoms with Crippen molar-refractivity contribution in [3.63, 3.8) is 0 Å². The van der Waals surface area contributed by atoms with Crippen LogP contribution in [0.4, 0.5) is 11.6 Å². The van der Waals surface area contributed by atoms with Gasteiger partial charge in [0.2, 0.25) is 5.95 Å². The summed E-state index contributed by atoms with van der Waals surface area (Å²) in [6.07, 6.45) is 0.778. The first-order chi connectivity index (χ1) is 13.4. The lowest BCUT2D eigenvalue weighted by Gasteiger charge is -2.05. The van der Waals surface area contributed by atoms with Gasteiger partial charge in [-0.25, -0.2) is 0 Å². The van der Waals surface area contributed by atoms with Gasteiger partial charge in [0.1, 0.15) is 0 Å². The van der Waals surface area contributed by atoms with Crippen LogP contribution < -0.4 is 5.32 Å². The van der Waals surface area contributed by atoms with Crippen molar-refractivity contribution in [3.05, 3.63) is 84.1 Å². The SMILES string of the molecule is CC.CC.c1ccc(Cc2ccc3nnc(Nc4ccccc4)n3n2)cc1. The molecule has 5 nitrogen and oxygen atoms in total. The predicted molar refractivity (Wildman–Crippen MR) is 112 cm³/mol. The van der Waals surface area contributed by atoms with E-state index < -0.39 is 0 Å². The highest BCUT2D eigenvalue weighted by Gasteiger charge is 2.08. The van der Waals surface area contributed by atoms with Gasteiger partial charge in [0.25, 0.3) is 0 Å². The molecule has 2 aromatic carbocycles. The summed E-state index contributed by atoms with van der Waals surface area (Å²) in [5.41, 5.74) is 3.88. The van der Waals surface area contributed by atoms with Crippen molar-refractivity contribution in [2.24, 2.45) is 0 Å². The molecule has 4 aromatic rings. The Labute approximate surface area is 161 Å². The highest BCUT2D eigenvalue weighted by atomic mass is 15.4. The number of nitrogens with one attached hydrogen (secondary N) is 1. The number of hydrogen-bond donors (Lipinski definition) is 1. The molecule has 27 heavy (non-hydrogen) atoms. The minimum atomic E-state index is 0.612. The molecule has 0 radical (unpaired) electrons. The maximum Gasteiger partial charge on any atom is 0.250 e. The summed E-state index contributed by atoms with van der Waals surface area (Å²) in [6, 6.07) is 24.1. The van der Waals surface area contributed by atoms with Gasteiger partial charge < -0.3 is 5.32 Å². The number of aromatic nitrogens is 4. The molecule has 0 fully saturated rings. The number of para-hydroxylation sites is 1. The maximum atomic E-state index is 4.66. The summed E-state index contributed by atoms with van der Waals surface area (Å²) >= 11 is 0. The van der Waals surface area contributed by atoms with Crippen molar-refractivity contribution in [3.8, 4) is 0 Å². The van der Waals surface area contributed by atoms with Crippen LogP contribution in [-0.2, 0) is 6.42 Å². The average Bonchev–Trinajstić information content (AvgIpc) is 3.15. The summed E-state index contributed by atoms with van der Waals surface area (Å²) in [7, 11) is 0. The van der Waals surface area contributed by atoms with Gasteiger partial charge in [0, 0.05) is 12.1 Å². The summed E-state index contributed by atoms with van der Waals surface area (Å²) in [6.45, 7) is 8.00. The Morgan fingerprint density at radius 2 is 1.37 bits per heavy atom. The van der Waals surface area contributed by atoms with Crippen molar-refractivity contribution >= 4 is 17.3 Å². The molecule has 2 aromatic heterocycles. The van der Waals surface area contributed by atoms with Gasteiger partial charge in [0.05, 0.1) is 5.69 Å². The van der Waals surface area contributed by atoms with E-state index in [1.165, 1.54) is 5.56 Å². The zero-order chi connectivity index (χ0) is 19.5. The zero-order valence-corrected chi connectivity index (χ0v) is 16.4. The van der Waals surface area contributed by atoms with E-state index in [-0.39, 0.29) is 0 Å². The number of benzene rings is 2. The van der Waals surface area contributed by atoms with Gasteiger partial charge >= 0.3 is 0 Å². The molecule has 0 atom stereocenters. The van der Waals surface area contributed by atoms with E-state index in [9.17, 15) is 0 Å². The van der Waals surface area contributed by atoms with Crippen LogP contribution in [0.3, 0.4) is 0 Å². The number of fused-ring (bicyclic) bond motifs is 1. The second-order valence-corrected chi connectivity index (χ2v) is 5.27. The number of anilines is 2. The van der Waals surface area contributed by atoms with Crippen LogP contribution >= 0.6 is 0 Å². The molecule has 1 N–H and O–H groups in total. The molecule has 4 rings (SSSR count). The first-order valence-corrected chi connectivity index (χ1v) is 9.46. The highest BCUT2D eigenvalue weighted by Crippen LogP contribution is 2.15. The van der Waals surface area contributed by atoms with Crippen molar-refractivity contribution < 1.29 is 0 Å². The van der Waals surface area contributed by atoms with Crippen molar-refractivity contribution in [2.45, 2.75) is 34.1 Å². The summed E-state index contributed by atoms with van der Waals surface area (Å²) in [5.74, 6) is 0.612. The molecule has 0 spiro atoms. The quantitative estimate of drug-likeness (QED) is 0.520. The molecule has 0 bridgehead atoms. The number of nitrogens with zero attached hydrogens (tertiary/aromatic N) is 4. The standard InChI is InChI=1S/C18H15N5.2C2H6/c1-3-7-14(8-4-1)13-16-11-12-17-20-21-18(23(17)22-16)19-15-9-5-2-6-10-15;2*1-2/h1-12H,13H2,(H,19,21);2*1-2H3. The minimum absolute atomic E-state index is 0.612. The highest BCUT2D eigenvalue weighted by molar-refractivity contribution is 5.55. The first-order valence-electron chi connectivity index (χ1n) is 9.46. The smallest absolute Gasteiger partial charge is 0.250 e. The minimum Gasteiger partial charge on any atom is -0.323 e. The van der Waals surface area contributed by atoms with Crippen LogP contribution in [0.2, 0.25) is 0 Å². The molecule has 0 aliphatic rings. The van der Waals surface area contributed by atoms with Crippen LogP contribution in [0.25, 0.3) is 5.65 Å². The third-order valence-electron chi connectivity index (χ3n) is 3.58. The number of rotatable bonds is 4. The van der Waals surface area contributed by atoms with Crippen molar-refractivity contribution in [1.29, 1.82) is 0 Å². The van der Waals surface area contributed by atoms with Gasteiger partial charge in [-0.1, -0.05) is 76.2 Å². The summed E-state index contributed by atoms with van der Waals surface area (Å²) in [4.78, 5) is 0. The van der Waals surface area contributed by atoms with Crippen LogP contribution in [-0.4, -0.2) is 19.8 Å². The van der Waals surface area contributed by atoms with Gasteiger partial charge in [0.15, 0.2) is 5.65 Å². The van der Waals surface area contributed by atoms with Gasteiger partial charge in [-0.3, -0.25) is 0 Å². The number of hydrogen-bond acceptors (Lipinski definition) is 4. The molecule has 0 aliphatic heterocycles. The molecule has 0 unspecified atom stereocenters. The van der Waals surface area contributed by atoms with Gasteiger partial charge in [-0.05, 0) is 29.8 Å². The molecule has 0 saturated heterocycles. The van der Waals surface area contributed by atoms with E-state index in [0.717, 1.165) is 23.4 Å². The van der Waals surface area contributed by atoms with E-state index in [4.69, 9.17) is 0 Å². The van der Waals surface area contributed by atoms with E-state index in [1.807, 2.05) is 88.4 Å². The summed E-state index contributed by atoms with van der Waals surface area (Å²) in [5, 5.41) is 16.2. The fourth-order valence-corrected chi connectivity index (χ4v) is 2.45. The maximum absolute atomic E-state index is 4.66. The Kier molecular flexibility index (Phi) is 7.97. The molecule has 0 aliphatic carbocycles. The Balaban J connectivity index is 0.000000614.